The summed E-state index contributed by atoms with van der Waals surface area (Å²) in [6.45, 7) is 12.8. The maximum Gasteiger partial charge on any atom is 0.233 e. The third-order valence-corrected chi connectivity index (χ3v) is 6.16. The second-order valence-corrected chi connectivity index (χ2v) is 10.0. The van der Waals surface area contributed by atoms with E-state index in [0.29, 0.717) is 5.92 Å². The summed E-state index contributed by atoms with van der Waals surface area (Å²) in [6.07, 6.45) is 0.531. The highest BCUT2D eigenvalue weighted by molar-refractivity contribution is 7.99. The number of ketones is 1. The van der Waals surface area contributed by atoms with Crippen molar-refractivity contribution in [3.05, 3.63) is 35.4 Å². The monoisotopic (exact) mass is 475 g/mol. The Bertz CT molecular complexity index is 657. The van der Waals surface area contributed by atoms with Crippen molar-refractivity contribution in [3.8, 4) is 0 Å². The molecule has 1 aromatic rings. The third kappa shape index (κ3) is 9.25. The summed E-state index contributed by atoms with van der Waals surface area (Å²) in [4.78, 5) is 24.7. The van der Waals surface area contributed by atoms with E-state index < -0.39 is 6.04 Å². The summed E-state index contributed by atoms with van der Waals surface area (Å²) in [5.74, 6) is 1.09. The Labute approximate surface area is 201 Å². The average molecular weight is 476 g/mol. The number of hydrogen-bond acceptors (Lipinski definition) is 4. The predicted molar refractivity (Wildman–Crippen MR) is 140 cm³/mol. The summed E-state index contributed by atoms with van der Waals surface area (Å²) in [5, 5.41) is 2.74. The van der Waals surface area contributed by atoms with Gasteiger partial charge in [-0.1, -0.05) is 66.3 Å². The Morgan fingerprint density at radius 3 is 2.20 bits per heavy atom. The first kappa shape index (κ1) is 31.6. The number of carbonyl (C=O) groups excluding carboxylic acids is 2. The molecule has 174 valence electrons. The van der Waals surface area contributed by atoms with Gasteiger partial charge in [0.1, 0.15) is 12.6 Å². The van der Waals surface area contributed by atoms with Crippen molar-refractivity contribution in [2.45, 2.75) is 84.0 Å². The molecule has 0 saturated carbocycles. The third-order valence-electron chi connectivity index (χ3n) is 4.85. The number of amides is 1. The number of rotatable bonds is 7. The fourth-order valence-corrected chi connectivity index (χ4v) is 4.41. The Kier molecular flexibility index (Phi) is 14.4. The van der Waals surface area contributed by atoms with Crippen LogP contribution in [0.15, 0.2) is 24.3 Å². The minimum Gasteiger partial charge on any atom is -0.368 e. The van der Waals surface area contributed by atoms with Gasteiger partial charge in [-0.15, -0.1) is 11.8 Å². The fraction of sp³-hybridized carbons (Fsp3) is 0.652. The van der Waals surface area contributed by atoms with Crippen LogP contribution in [0.1, 0.15) is 66.5 Å². The van der Waals surface area contributed by atoms with Crippen molar-refractivity contribution >= 4 is 50.4 Å². The molecule has 1 aliphatic rings. The lowest BCUT2D eigenvalue weighted by atomic mass is 9.87. The zero-order valence-corrected chi connectivity index (χ0v) is 21.2. The molecule has 0 aliphatic carbocycles. The highest BCUT2D eigenvalue weighted by atomic mass is 32.2. The van der Waals surface area contributed by atoms with E-state index in [1.807, 2.05) is 6.92 Å². The van der Waals surface area contributed by atoms with E-state index in [4.69, 9.17) is 4.74 Å². The Hall–Kier alpha value is -0.630. The lowest BCUT2D eigenvalue weighted by molar-refractivity contribution is -0.126. The van der Waals surface area contributed by atoms with Gasteiger partial charge in [0, 0.05) is 5.75 Å². The van der Waals surface area contributed by atoms with Crippen molar-refractivity contribution in [2.24, 2.45) is 5.92 Å². The highest BCUT2D eigenvalue weighted by Crippen LogP contribution is 2.27. The van der Waals surface area contributed by atoms with Gasteiger partial charge in [0.25, 0.3) is 0 Å². The molecule has 3 atom stereocenters. The van der Waals surface area contributed by atoms with Gasteiger partial charge < -0.3 is 10.1 Å². The summed E-state index contributed by atoms with van der Waals surface area (Å²) in [5.41, 5.74) is 2.66. The zero-order valence-electron chi connectivity index (χ0n) is 18.4. The van der Waals surface area contributed by atoms with Gasteiger partial charge >= 0.3 is 0 Å². The van der Waals surface area contributed by atoms with E-state index in [1.54, 1.807) is 11.8 Å². The van der Waals surface area contributed by atoms with Gasteiger partial charge in [-0.05, 0) is 35.8 Å². The Morgan fingerprint density at radius 1 is 1.20 bits per heavy atom. The van der Waals surface area contributed by atoms with Crippen molar-refractivity contribution in [3.63, 3.8) is 0 Å². The van der Waals surface area contributed by atoms with Gasteiger partial charge in [-0.3, -0.25) is 9.59 Å². The predicted octanol–water partition coefficient (Wildman–Crippen LogP) is 4.97. The summed E-state index contributed by atoms with van der Waals surface area (Å²) in [6, 6.07) is 8.12. The Morgan fingerprint density at radius 2 is 1.77 bits per heavy atom. The van der Waals surface area contributed by atoms with Crippen molar-refractivity contribution in [1.29, 1.82) is 0 Å². The van der Waals surface area contributed by atoms with Crippen LogP contribution in [0.4, 0.5) is 0 Å². The molecule has 0 bridgehead atoms. The van der Waals surface area contributed by atoms with Crippen LogP contribution in [0.25, 0.3) is 0 Å². The van der Waals surface area contributed by atoms with Crippen molar-refractivity contribution in [2.75, 3.05) is 6.61 Å². The number of hydrogen-bond donors (Lipinski definition) is 1. The number of Topliss-reactive ketones (excluding diaryl/α,β-unsaturated/α-hetero) is 1. The van der Waals surface area contributed by atoms with Gasteiger partial charge in [0.2, 0.25) is 5.91 Å². The summed E-state index contributed by atoms with van der Waals surface area (Å²) >= 11 is 1.65. The maximum absolute atomic E-state index is 12.8. The van der Waals surface area contributed by atoms with Gasteiger partial charge in [0.05, 0.1) is 11.4 Å². The number of ether oxygens (including phenoxy) is 1. The highest BCUT2D eigenvalue weighted by Gasteiger charge is 2.35. The van der Waals surface area contributed by atoms with Gasteiger partial charge in [-0.25, -0.2) is 0 Å². The van der Waals surface area contributed by atoms with Crippen LogP contribution >= 0.6 is 38.8 Å². The van der Waals surface area contributed by atoms with Crippen LogP contribution in [-0.2, 0) is 25.5 Å². The van der Waals surface area contributed by atoms with E-state index >= 15 is 0 Å². The van der Waals surface area contributed by atoms with Gasteiger partial charge in [-0.2, -0.15) is 27.0 Å². The lowest BCUT2D eigenvalue weighted by Crippen LogP contribution is -2.47. The SMILES string of the molecule is C.CC(C)C[C@H](SCc1ccc(C(C)(C)C)cc1)C(=O)N[C@@H]1C(=O)CO[C@@H]1C.S.S. The van der Waals surface area contributed by atoms with Crippen LogP contribution in [0.5, 0.6) is 0 Å². The molecule has 0 spiro atoms. The summed E-state index contributed by atoms with van der Waals surface area (Å²) in [7, 11) is 0. The second-order valence-electron chi connectivity index (χ2n) is 8.84. The minimum atomic E-state index is -0.515. The minimum absolute atomic E-state index is 0. The van der Waals surface area contributed by atoms with E-state index in [-0.39, 0.29) is 69.5 Å². The molecule has 1 amide bonds. The molecular formula is C23H41NO3S3. The number of benzene rings is 1. The van der Waals surface area contributed by atoms with Crippen LogP contribution in [0.3, 0.4) is 0 Å². The fourth-order valence-electron chi connectivity index (χ4n) is 3.08. The normalized spacial score (nSPS) is 19.4. The van der Waals surface area contributed by atoms with E-state index in [9.17, 15) is 9.59 Å². The standard InChI is InChI=1S/C22H33NO3S.CH4.2H2S/c1-14(2)11-19(21(25)23-20-15(3)26-12-18(20)24)27-13-16-7-9-17(10-8-16)22(4,5)6;;;/h7-10,14-15,19-20H,11-13H2,1-6H3,(H,23,25);1H4;2*1H2/t15-,19+,20+;;;/m1.../s1. The van der Waals surface area contributed by atoms with Gasteiger partial charge in [0.15, 0.2) is 5.78 Å². The molecule has 0 radical (unpaired) electrons. The van der Waals surface area contributed by atoms with Crippen LogP contribution in [0.2, 0.25) is 0 Å². The molecular weight excluding hydrogens is 434 g/mol. The topological polar surface area (TPSA) is 55.4 Å². The number of thioether (sulfide) groups is 1. The maximum atomic E-state index is 12.8. The lowest BCUT2D eigenvalue weighted by Gasteiger charge is -2.22. The molecule has 1 aromatic carbocycles. The smallest absolute Gasteiger partial charge is 0.233 e. The Balaban J connectivity index is 0. The molecule has 2 rings (SSSR count). The molecule has 1 aliphatic heterocycles. The van der Waals surface area contributed by atoms with E-state index in [0.717, 1.165) is 12.2 Å². The van der Waals surface area contributed by atoms with Crippen LogP contribution < -0.4 is 5.32 Å². The van der Waals surface area contributed by atoms with E-state index in [2.05, 4.69) is 64.2 Å². The molecule has 1 saturated heterocycles. The zero-order chi connectivity index (χ0) is 20.2. The van der Waals surface area contributed by atoms with Crippen molar-refractivity contribution in [1.82, 2.24) is 5.32 Å². The molecule has 0 unspecified atom stereocenters. The molecule has 1 N–H and O–H groups in total. The first-order valence-electron chi connectivity index (χ1n) is 9.73. The largest absolute Gasteiger partial charge is 0.368 e. The summed E-state index contributed by atoms with van der Waals surface area (Å²) < 4.78 is 5.34. The van der Waals surface area contributed by atoms with Crippen LogP contribution in [-0.4, -0.2) is 35.7 Å². The quantitative estimate of drug-likeness (QED) is 0.605. The van der Waals surface area contributed by atoms with E-state index in [1.165, 1.54) is 11.1 Å². The number of carbonyl (C=O) groups is 2. The molecule has 30 heavy (non-hydrogen) atoms. The van der Waals surface area contributed by atoms with Crippen molar-refractivity contribution < 1.29 is 14.3 Å². The average Bonchev–Trinajstić information content (AvgIpc) is 2.89. The first-order chi connectivity index (χ1) is 12.6. The molecule has 4 nitrogen and oxygen atoms in total. The first-order valence-corrected chi connectivity index (χ1v) is 10.8. The number of nitrogens with one attached hydrogen (secondary N) is 1. The molecule has 1 fully saturated rings. The second kappa shape index (κ2) is 13.7. The molecule has 7 heteroatoms. The van der Waals surface area contributed by atoms with Crippen LogP contribution in [0, 0.1) is 5.92 Å². The molecule has 0 aromatic heterocycles. The molecule has 1 heterocycles.